The maximum atomic E-state index is 12.6. The molecule has 0 bridgehead atoms. The average Bonchev–Trinajstić information content (AvgIpc) is 3.16. The molecule has 0 saturated heterocycles. The van der Waals surface area contributed by atoms with Crippen molar-refractivity contribution in [3.8, 4) is 22.9 Å². The summed E-state index contributed by atoms with van der Waals surface area (Å²) in [5, 5.41) is 10.5. The van der Waals surface area contributed by atoms with Crippen LogP contribution in [0.15, 0.2) is 18.3 Å². The summed E-state index contributed by atoms with van der Waals surface area (Å²) in [6.07, 6.45) is -8.26. The molecule has 0 spiro atoms. The van der Waals surface area contributed by atoms with Crippen LogP contribution < -0.4 is 5.73 Å². The first-order chi connectivity index (χ1) is 11.6. The van der Waals surface area contributed by atoms with Crippen molar-refractivity contribution in [1.29, 1.82) is 0 Å². The Labute approximate surface area is 134 Å². The molecule has 3 heterocycles. The van der Waals surface area contributed by atoms with Gasteiger partial charge in [0.1, 0.15) is 28.5 Å². The number of nitrogen functional groups attached to an aromatic ring is 1. The maximum absolute atomic E-state index is 12.6. The average molecular weight is 363 g/mol. The molecule has 0 saturated carbocycles. The van der Waals surface area contributed by atoms with E-state index >= 15 is 0 Å². The number of nitrogens with two attached hydrogens (primary N) is 1. The molecular formula is C12H7F6N7. The molecule has 3 aromatic rings. The van der Waals surface area contributed by atoms with E-state index < -0.39 is 23.7 Å². The van der Waals surface area contributed by atoms with Crippen LogP contribution in [0.5, 0.6) is 0 Å². The molecule has 132 valence electrons. The molecule has 0 aliphatic heterocycles. The van der Waals surface area contributed by atoms with Gasteiger partial charge >= 0.3 is 12.4 Å². The molecule has 0 amide bonds. The van der Waals surface area contributed by atoms with Gasteiger partial charge in [-0.2, -0.15) is 36.5 Å². The van der Waals surface area contributed by atoms with Crippen molar-refractivity contribution in [2.75, 3.05) is 5.73 Å². The van der Waals surface area contributed by atoms with E-state index in [1.807, 2.05) is 0 Å². The van der Waals surface area contributed by atoms with Crippen LogP contribution in [0.1, 0.15) is 11.4 Å². The fourth-order valence-corrected chi connectivity index (χ4v) is 1.89. The van der Waals surface area contributed by atoms with Gasteiger partial charge in [-0.3, -0.25) is 10.2 Å². The van der Waals surface area contributed by atoms with Gasteiger partial charge in [0.25, 0.3) is 0 Å². The fourth-order valence-electron chi connectivity index (χ4n) is 1.89. The number of hydrogen-bond donors (Lipinski definition) is 3. The van der Waals surface area contributed by atoms with Crippen LogP contribution in [0, 0.1) is 0 Å². The van der Waals surface area contributed by atoms with Crippen LogP contribution in [-0.4, -0.2) is 30.4 Å². The maximum Gasteiger partial charge on any atom is 0.432 e. The predicted molar refractivity (Wildman–Crippen MR) is 71.6 cm³/mol. The first kappa shape index (κ1) is 16.7. The van der Waals surface area contributed by atoms with Gasteiger partial charge in [-0.15, -0.1) is 0 Å². The number of hydrogen-bond acceptors (Lipinski definition) is 5. The molecule has 0 fully saturated rings. The number of H-pyrrole nitrogens is 2. The Morgan fingerprint density at radius 2 is 1.36 bits per heavy atom. The zero-order chi connectivity index (χ0) is 18.4. The Morgan fingerprint density at radius 3 is 1.88 bits per heavy atom. The SMILES string of the molecule is Nc1cnc(-c2cc(C(F)(F)F)[nH]n2)nc1-c1cc(C(F)(F)F)[nH]n1. The monoisotopic (exact) mass is 363 g/mol. The lowest BCUT2D eigenvalue weighted by Gasteiger charge is -2.03. The lowest BCUT2D eigenvalue weighted by molar-refractivity contribution is -0.142. The van der Waals surface area contributed by atoms with Gasteiger partial charge < -0.3 is 5.73 Å². The summed E-state index contributed by atoms with van der Waals surface area (Å²) in [5.41, 5.74) is 2.62. The first-order valence-corrected chi connectivity index (χ1v) is 6.44. The summed E-state index contributed by atoms with van der Waals surface area (Å²) >= 11 is 0. The quantitative estimate of drug-likeness (QED) is 0.607. The standard InChI is InChI=1S/C12H7F6N7/c13-11(14,15)7-1-5(22-24-7)9-4(19)3-20-10(21-9)6-2-8(25-23-6)12(16,17)18/h1-3H,19H2,(H,22,24)(H,23,25). The van der Waals surface area contributed by atoms with Crippen molar-refractivity contribution < 1.29 is 26.3 Å². The minimum absolute atomic E-state index is 0.101. The van der Waals surface area contributed by atoms with E-state index in [0.717, 1.165) is 6.20 Å². The number of aromatic amines is 2. The Bertz CT molecular complexity index is 907. The molecule has 0 aromatic carbocycles. The summed E-state index contributed by atoms with van der Waals surface area (Å²) in [5.74, 6) is -0.257. The zero-order valence-corrected chi connectivity index (χ0v) is 11.9. The van der Waals surface area contributed by atoms with Crippen molar-refractivity contribution in [1.82, 2.24) is 30.4 Å². The topological polar surface area (TPSA) is 109 Å². The predicted octanol–water partition coefficient (Wildman–Crippen LogP) is 2.88. The van der Waals surface area contributed by atoms with Crippen molar-refractivity contribution >= 4 is 5.69 Å². The second-order valence-electron chi connectivity index (χ2n) is 4.83. The van der Waals surface area contributed by atoms with Crippen molar-refractivity contribution in [2.45, 2.75) is 12.4 Å². The van der Waals surface area contributed by atoms with Gasteiger partial charge in [-0.25, -0.2) is 9.97 Å². The Kier molecular flexibility index (Phi) is 3.65. The number of halogens is 6. The second kappa shape index (κ2) is 5.46. The van der Waals surface area contributed by atoms with Crippen LogP contribution in [0.4, 0.5) is 32.0 Å². The number of alkyl halides is 6. The van der Waals surface area contributed by atoms with Crippen molar-refractivity contribution in [2.24, 2.45) is 0 Å². The summed E-state index contributed by atoms with van der Waals surface area (Å²) in [4.78, 5) is 7.61. The number of nitrogens with one attached hydrogen (secondary N) is 2. The number of anilines is 1. The van der Waals surface area contributed by atoms with Gasteiger partial charge in [-0.05, 0) is 12.1 Å². The molecule has 0 aliphatic carbocycles. The second-order valence-corrected chi connectivity index (χ2v) is 4.83. The largest absolute Gasteiger partial charge is 0.432 e. The first-order valence-electron chi connectivity index (χ1n) is 6.44. The zero-order valence-electron chi connectivity index (χ0n) is 11.9. The molecule has 0 unspecified atom stereocenters. The summed E-state index contributed by atoms with van der Waals surface area (Å²) in [6.45, 7) is 0. The third-order valence-electron chi connectivity index (χ3n) is 3.06. The Balaban J connectivity index is 2.01. The molecule has 3 rings (SSSR count). The van der Waals surface area contributed by atoms with Gasteiger partial charge in [0.2, 0.25) is 0 Å². The highest BCUT2D eigenvalue weighted by Crippen LogP contribution is 2.33. The van der Waals surface area contributed by atoms with Crippen LogP contribution in [-0.2, 0) is 12.4 Å². The van der Waals surface area contributed by atoms with Crippen LogP contribution in [0.2, 0.25) is 0 Å². The molecule has 0 atom stereocenters. The fraction of sp³-hybridized carbons (Fsp3) is 0.167. The van der Waals surface area contributed by atoms with Gasteiger partial charge in [-0.1, -0.05) is 0 Å². The van der Waals surface area contributed by atoms with Crippen LogP contribution in [0.3, 0.4) is 0 Å². The van der Waals surface area contributed by atoms with E-state index in [2.05, 4.69) is 20.2 Å². The van der Waals surface area contributed by atoms with E-state index in [1.165, 1.54) is 0 Å². The Morgan fingerprint density at radius 1 is 0.840 bits per heavy atom. The molecule has 0 aliphatic rings. The smallest absolute Gasteiger partial charge is 0.396 e. The number of rotatable bonds is 2. The molecule has 3 aromatic heterocycles. The molecule has 4 N–H and O–H groups in total. The lowest BCUT2D eigenvalue weighted by atomic mass is 10.2. The van der Waals surface area contributed by atoms with Crippen molar-refractivity contribution in [3.63, 3.8) is 0 Å². The minimum atomic E-state index is -4.65. The van der Waals surface area contributed by atoms with Crippen LogP contribution in [0.25, 0.3) is 22.9 Å². The number of nitrogens with zero attached hydrogens (tertiary/aromatic N) is 4. The van der Waals surface area contributed by atoms with Gasteiger partial charge in [0.05, 0.1) is 11.9 Å². The van der Waals surface area contributed by atoms with E-state index in [9.17, 15) is 26.3 Å². The molecular weight excluding hydrogens is 356 g/mol. The summed E-state index contributed by atoms with van der Waals surface area (Å²) in [6, 6.07) is 1.34. The lowest BCUT2D eigenvalue weighted by Crippen LogP contribution is -2.04. The summed E-state index contributed by atoms with van der Waals surface area (Å²) in [7, 11) is 0. The minimum Gasteiger partial charge on any atom is -0.396 e. The molecule has 13 heteroatoms. The molecule has 0 radical (unpaired) electrons. The highest BCUT2D eigenvalue weighted by Gasteiger charge is 2.34. The number of aromatic nitrogens is 6. The van der Waals surface area contributed by atoms with Gasteiger partial charge in [0, 0.05) is 0 Å². The molecule has 7 nitrogen and oxygen atoms in total. The van der Waals surface area contributed by atoms with E-state index in [-0.39, 0.29) is 28.6 Å². The van der Waals surface area contributed by atoms with Gasteiger partial charge in [0.15, 0.2) is 5.82 Å². The Hall–Kier alpha value is -3.12. The van der Waals surface area contributed by atoms with E-state index in [0.29, 0.717) is 12.1 Å². The summed E-state index contributed by atoms with van der Waals surface area (Å²) < 4.78 is 75.6. The highest BCUT2D eigenvalue weighted by atomic mass is 19.4. The normalized spacial score (nSPS) is 12.6. The highest BCUT2D eigenvalue weighted by molar-refractivity contribution is 5.71. The molecule has 25 heavy (non-hydrogen) atoms. The van der Waals surface area contributed by atoms with Crippen molar-refractivity contribution in [3.05, 3.63) is 29.7 Å². The third kappa shape index (κ3) is 3.25. The van der Waals surface area contributed by atoms with Crippen LogP contribution >= 0.6 is 0 Å². The third-order valence-corrected chi connectivity index (χ3v) is 3.06. The van der Waals surface area contributed by atoms with E-state index in [4.69, 9.17) is 5.73 Å². The van der Waals surface area contributed by atoms with E-state index in [1.54, 1.807) is 10.2 Å².